The third-order valence-corrected chi connectivity index (χ3v) is 6.58. The summed E-state index contributed by atoms with van der Waals surface area (Å²) in [5.74, 6) is 0.345. The molecule has 1 N–H and O–H groups in total. The van der Waals surface area contributed by atoms with E-state index in [4.69, 9.17) is 0 Å². The van der Waals surface area contributed by atoms with Crippen molar-refractivity contribution in [3.63, 3.8) is 0 Å². The van der Waals surface area contributed by atoms with Gasteiger partial charge in [0, 0.05) is 36.8 Å². The van der Waals surface area contributed by atoms with Crippen molar-refractivity contribution >= 4 is 5.82 Å². The number of piperidine rings is 1. The zero-order valence-corrected chi connectivity index (χ0v) is 15.3. The van der Waals surface area contributed by atoms with Gasteiger partial charge in [0.15, 0.2) is 11.6 Å². The Balaban J connectivity index is 1.45. The van der Waals surface area contributed by atoms with Crippen LogP contribution in [0.2, 0.25) is 0 Å². The zero-order valence-electron chi connectivity index (χ0n) is 15.3. The quantitative estimate of drug-likeness (QED) is 0.892. The van der Waals surface area contributed by atoms with Crippen LogP contribution < -0.4 is 4.90 Å². The van der Waals surface area contributed by atoms with Crippen LogP contribution in [0.3, 0.4) is 0 Å². The third kappa shape index (κ3) is 3.54. The molecule has 2 aliphatic heterocycles. The molecule has 5 heteroatoms. The smallest absolute Gasteiger partial charge is 0.165 e. The van der Waals surface area contributed by atoms with Crippen LogP contribution in [0.15, 0.2) is 12.1 Å². The number of rotatable bonds is 2. The van der Waals surface area contributed by atoms with Crippen molar-refractivity contribution in [2.45, 2.75) is 64.0 Å². The van der Waals surface area contributed by atoms with Gasteiger partial charge in [0.05, 0.1) is 6.10 Å². The molecule has 138 valence electrons. The van der Waals surface area contributed by atoms with E-state index < -0.39 is 0 Å². The fraction of sp³-hybridized carbons (Fsp3) is 0.750. The van der Waals surface area contributed by atoms with Gasteiger partial charge in [-0.2, -0.15) is 0 Å². The number of aliphatic hydroxyl groups excluding tert-OH is 1. The minimum Gasteiger partial charge on any atom is -0.393 e. The molecule has 1 aromatic rings. The SMILES string of the molecule is Cc1ccc(F)c(N2CCC[C@]3(CCN(C4CCC(O)CC4)C3)C2)n1. The first-order chi connectivity index (χ1) is 12.0. The molecule has 1 atom stereocenters. The first-order valence-electron chi connectivity index (χ1n) is 9.85. The molecule has 0 unspecified atom stereocenters. The molecule has 4 nitrogen and oxygen atoms in total. The van der Waals surface area contributed by atoms with E-state index in [0.717, 1.165) is 64.0 Å². The number of likely N-dealkylation sites (tertiary alicyclic amines) is 1. The lowest BCUT2D eigenvalue weighted by molar-refractivity contribution is 0.0770. The predicted octanol–water partition coefficient (Wildman–Crippen LogP) is 3.12. The zero-order chi connectivity index (χ0) is 17.4. The van der Waals surface area contributed by atoms with Gasteiger partial charge in [-0.05, 0) is 70.5 Å². The summed E-state index contributed by atoms with van der Waals surface area (Å²) >= 11 is 0. The van der Waals surface area contributed by atoms with Crippen LogP contribution in [0.1, 0.15) is 50.6 Å². The lowest BCUT2D eigenvalue weighted by Gasteiger charge is -2.42. The Labute approximate surface area is 150 Å². The van der Waals surface area contributed by atoms with Crippen LogP contribution >= 0.6 is 0 Å². The monoisotopic (exact) mass is 347 g/mol. The van der Waals surface area contributed by atoms with Gasteiger partial charge in [0.25, 0.3) is 0 Å². The fourth-order valence-corrected chi connectivity index (χ4v) is 5.17. The first-order valence-corrected chi connectivity index (χ1v) is 9.85. The molecule has 25 heavy (non-hydrogen) atoms. The number of aliphatic hydroxyl groups is 1. The van der Waals surface area contributed by atoms with Gasteiger partial charge in [0.1, 0.15) is 0 Å². The minimum atomic E-state index is -0.196. The summed E-state index contributed by atoms with van der Waals surface area (Å²) in [6.45, 7) is 6.03. The van der Waals surface area contributed by atoms with E-state index in [-0.39, 0.29) is 17.3 Å². The molecule has 1 spiro atoms. The molecule has 0 bridgehead atoms. The normalized spacial score (nSPS) is 34.0. The van der Waals surface area contributed by atoms with Gasteiger partial charge < -0.3 is 10.0 Å². The predicted molar refractivity (Wildman–Crippen MR) is 97.3 cm³/mol. The molecule has 1 aliphatic carbocycles. The Hall–Kier alpha value is -1.20. The van der Waals surface area contributed by atoms with Gasteiger partial charge >= 0.3 is 0 Å². The summed E-state index contributed by atoms with van der Waals surface area (Å²) in [6.07, 6.45) is 7.60. The van der Waals surface area contributed by atoms with E-state index in [0.29, 0.717) is 11.9 Å². The maximum atomic E-state index is 14.3. The van der Waals surface area contributed by atoms with Crippen LogP contribution in [0.4, 0.5) is 10.2 Å². The molecule has 1 aromatic heterocycles. The van der Waals surface area contributed by atoms with E-state index in [1.54, 1.807) is 12.1 Å². The number of halogens is 1. The van der Waals surface area contributed by atoms with E-state index in [2.05, 4.69) is 14.8 Å². The number of hydrogen-bond acceptors (Lipinski definition) is 4. The van der Waals surface area contributed by atoms with Gasteiger partial charge in [-0.25, -0.2) is 9.37 Å². The second-order valence-corrected chi connectivity index (χ2v) is 8.47. The lowest BCUT2D eigenvalue weighted by atomic mass is 9.79. The lowest BCUT2D eigenvalue weighted by Crippen LogP contribution is -2.47. The van der Waals surface area contributed by atoms with Crippen molar-refractivity contribution in [2.24, 2.45) is 5.41 Å². The molecule has 1 saturated carbocycles. The highest BCUT2D eigenvalue weighted by Gasteiger charge is 2.44. The Bertz CT molecular complexity index is 617. The highest BCUT2D eigenvalue weighted by Crippen LogP contribution is 2.42. The highest BCUT2D eigenvalue weighted by atomic mass is 19.1. The average Bonchev–Trinajstić information content (AvgIpc) is 3.01. The number of anilines is 1. The summed E-state index contributed by atoms with van der Waals surface area (Å²) < 4.78 is 14.3. The molecule has 0 amide bonds. The highest BCUT2D eigenvalue weighted by molar-refractivity contribution is 5.42. The minimum absolute atomic E-state index is 0.0895. The van der Waals surface area contributed by atoms with E-state index in [1.807, 2.05) is 6.92 Å². The van der Waals surface area contributed by atoms with E-state index in [9.17, 15) is 9.50 Å². The summed E-state index contributed by atoms with van der Waals surface area (Å²) in [5, 5.41) is 9.75. The van der Waals surface area contributed by atoms with Crippen molar-refractivity contribution < 1.29 is 9.50 Å². The fourth-order valence-electron chi connectivity index (χ4n) is 5.17. The number of aromatic nitrogens is 1. The summed E-state index contributed by atoms with van der Waals surface area (Å²) in [4.78, 5) is 9.31. The maximum Gasteiger partial charge on any atom is 0.165 e. The Kier molecular flexibility index (Phi) is 4.71. The van der Waals surface area contributed by atoms with Crippen LogP contribution in [0.25, 0.3) is 0 Å². The van der Waals surface area contributed by atoms with Gasteiger partial charge in [0.2, 0.25) is 0 Å². The third-order valence-electron chi connectivity index (χ3n) is 6.58. The van der Waals surface area contributed by atoms with Crippen LogP contribution in [-0.2, 0) is 0 Å². The number of pyridine rings is 1. The Morgan fingerprint density at radius 2 is 1.92 bits per heavy atom. The van der Waals surface area contributed by atoms with Crippen molar-refractivity contribution in [1.82, 2.24) is 9.88 Å². The number of nitrogens with zero attached hydrogens (tertiary/aromatic N) is 3. The van der Waals surface area contributed by atoms with Crippen LogP contribution in [-0.4, -0.2) is 53.3 Å². The van der Waals surface area contributed by atoms with Crippen molar-refractivity contribution in [3.8, 4) is 0 Å². The average molecular weight is 347 g/mol. The van der Waals surface area contributed by atoms with Crippen LogP contribution in [0, 0.1) is 18.2 Å². The Morgan fingerprint density at radius 1 is 1.12 bits per heavy atom. The van der Waals surface area contributed by atoms with E-state index >= 15 is 0 Å². The molecule has 3 heterocycles. The summed E-state index contributed by atoms with van der Waals surface area (Å²) in [5.41, 5.74) is 1.16. The standard InChI is InChI=1S/C20H30FN3O/c1-15-3-8-18(21)19(22-15)24-11-2-9-20(14-24)10-12-23(13-20)16-4-6-17(25)7-5-16/h3,8,16-17,25H,2,4-7,9-14H2,1H3/t16?,17?,20-/m1/s1. The molecular weight excluding hydrogens is 317 g/mol. The second-order valence-electron chi connectivity index (χ2n) is 8.47. The molecular formula is C20H30FN3O. The van der Waals surface area contributed by atoms with Gasteiger partial charge in [-0.3, -0.25) is 4.90 Å². The molecule has 0 aromatic carbocycles. The maximum absolute atomic E-state index is 14.3. The molecule has 2 saturated heterocycles. The van der Waals surface area contributed by atoms with Gasteiger partial charge in [-0.15, -0.1) is 0 Å². The molecule has 3 aliphatic rings. The van der Waals surface area contributed by atoms with Crippen LogP contribution in [0.5, 0.6) is 0 Å². The molecule has 0 radical (unpaired) electrons. The first kappa shape index (κ1) is 17.2. The van der Waals surface area contributed by atoms with Crippen molar-refractivity contribution in [1.29, 1.82) is 0 Å². The van der Waals surface area contributed by atoms with Crippen molar-refractivity contribution in [2.75, 3.05) is 31.1 Å². The Morgan fingerprint density at radius 3 is 2.72 bits per heavy atom. The second kappa shape index (κ2) is 6.84. The largest absolute Gasteiger partial charge is 0.393 e. The topological polar surface area (TPSA) is 39.6 Å². The molecule has 4 rings (SSSR count). The van der Waals surface area contributed by atoms with Gasteiger partial charge in [-0.1, -0.05) is 0 Å². The number of hydrogen-bond donors (Lipinski definition) is 1. The summed E-state index contributed by atoms with van der Waals surface area (Å²) in [7, 11) is 0. The summed E-state index contributed by atoms with van der Waals surface area (Å²) in [6, 6.07) is 3.92. The number of aryl methyl sites for hydroxylation is 1. The van der Waals surface area contributed by atoms with Crippen molar-refractivity contribution in [3.05, 3.63) is 23.6 Å². The van der Waals surface area contributed by atoms with E-state index in [1.165, 1.54) is 12.8 Å². The molecule has 3 fully saturated rings.